The largest absolute Gasteiger partial charge is 0.381 e. The molecule has 1 fully saturated rings. The van der Waals surface area contributed by atoms with Crippen molar-refractivity contribution in [2.45, 2.75) is 38.9 Å². The van der Waals surface area contributed by atoms with Crippen LogP contribution in [0, 0.1) is 5.92 Å². The molecule has 1 N–H and O–H groups in total. The summed E-state index contributed by atoms with van der Waals surface area (Å²) >= 11 is 0. The van der Waals surface area contributed by atoms with Crippen molar-refractivity contribution in [3.8, 4) is 0 Å². The van der Waals surface area contributed by atoms with E-state index in [1.54, 1.807) is 6.20 Å². The van der Waals surface area contributed by atoms with Gasteiger partial charge in [0.2, 0.25) is 0 Å². The van der Waals surface area contributed by atoms with Gasteiger partial charge in [-0.05, 0) is 37.8 Å². The first-order chi connectivity index (χ1) is 13.2. The van der Waals surface area contributed by atoms with E-state index in [4.69, 9.17) is 4.74 Å². The van der Waals surface area contributed by atoms with E-state index < -0.39 is 0 Å². The molecule has 0 radical (unpaired) electrons. The smallest absolute Gasteiger partial charge is 0.271 e. The molecule has 1 saturated heterocycles. The number of pyridine rings is 1. The number of hydrogen-bond acceptors (Lipinski definition) is 5. The third kappa shape index (κ3) is 4.20. The standard InChI is InChI=1S/C20H27N5O2/c1-15-19-23-18(20(26)22-12-17-4-2-3-7-21-17)14-25(19)9-8-24(15)13-16-5-10-27-11-6-16/h2-4,7,14-16H,5-6,8-13H2,1H3,(H,22,26)/t15-/m0/s1. The summed E-state index contributed by atoms with van der Waals surface area (Å²) in [5, 5.41) is 2.91. The number of aromatic nitrogens is 3. The first-order valence-electron chi connectivity index (χ1n) is 9.77. The highest BCUT2D eigenvalue weighted by Crippen LogP contribution is 2.27. The van der Waals surface area contributed by atoms with Gasteiger partial charge in [0.25, 0.3) is 5.91 Å². The number of nitrogens with zero attached hydrogens (tertiary/aromatic N) is 4. The van der Waals surface area contributed by atoms with E-state index in [0.29, 0.717) is 18.2 Å². The molecule has 2 aliphatic heterocycles. The van der Waals surface area contributed by atoms with Gasteiger partial charge >= 0.3 is 0 Å². The molecule has 4 heterocycles. The zero-order valence-corrected chi connectivity index (χ0v) is 15.8. The normalized spacial score (nSPS) is 21.0. The predicted octanol–water partition coefficient (Wildman–Crippen LogP) is 2.01. The Morgan fingerprint density at radius 1 is 1.30 bits per heavy atom. The lowest BCUT2D eigenvalue weighted by Gasteiger charge is -2.37. The second-order valence-corrected chi connectivity index (χ2v) is 7.41. The lowest BCUT2D eigenvalue weighted by atomic mass is 9.98. The number of rotatable bonds is 5. The SMILES string of the molecule is C[C@H]1c2nc(C(=O)NCc3ccccn3)cn2CCN1CC1CCOCC1. The van der Waals surface area contributed by atoms with Crippen LogP contribution in [0.5, 0.6) is 0 Å². The molecule has 2 aromatic rings. The van der Waals surface area contributed by atoms with E-state index >= 15 is 0 Å². The molecule has 1 amide bonds. The molecule has 0 saturated carbocycles. The van der Waals surface area contributed by atoms with Gasteiger partial charge in [0.05, 0.1) is 18.3 Å². The third-order valence-corrected chi connectivity index (χ3v) is 5.58. The zero-order valence-electron chi connectivity index (χ0n) is 15.8. The molecule has 0 aromatic carbocycles. The summed E-state index contributed by atoms with van der Waals surface area (Å²) in [5.74, 6) is 1.53. The highest BCUT2D eigenvalue weighted by atomic mass is 16.5. The molecule has 7 heteroatoms. The molecule has 1 atom stereocenters. The van der Waals surface area contributed by atoms with Gasteiger partial charge < -0.3 is 14.6 Å². The van der Waals surface area contributed by atoms with Gasteiger partial charge in [-0.1, -0.05) is 6.07 Å². The second kappa shape index (κ2) is 8.19. The van der Waals surface area contributed by atoms with Gasteiger partial charge in [-0.15, -0.1) is 0 Å². The Labute approximate surface area is 159 Å². The quantitative estimate of drug-likeness (QED) is 0.873. The minimum Gasteiger partial charge on any atom is -0.381 e. The molecule has 2 aromatic heterocycles. The molecule has 0 unspecified atom stereocenters. The number of carbonyl (C=O) groups excluding carboxylic acids is 1. The van der Waals surface area contributed by atoms with Crippen LogP contribution in [0.15, 0.2) is 30.6 Å². The fraction of sp³-hybridized carbons (Fsp3) is 0.550. The highest BCUT2D eigenvalue weighted by Gasteiger charge is 2.29. The Morgan fingerprint density at radius 3 is 2.93 bits per heavy atom. The van der Waals surface area contributed by atoms with Gasteiger partial charge in [-0.3, -0.25) is 14.7 Å². The number of nitrogens with one attached hydrogen (secondary N) is 1. The van der Waals surface area contributed by atoms with Gasteiger partial charge in [-0.2, -0.15) is 0 Å². The van der Waals surface area contributed by atoms with Crippen LogP contribution < -0.4 is 5.32 Å². The summed E-state index contributed by atoms with van der Waals surface area (Å²) in [6.07, 6.45) is 5.88. The lowest BCUT2D eigenvalue weighted by molar-refractivity contribution is 0.0411. The third-order valence-electron chi connectivity index (χ3n) is 5.58. The Kier molecular flexibility index (Phi) is 5.50. The van der Waals surface area contributed by atoms with E-state index in [1.807, 2.05) is 24.4 Å². The van der Waals surface area contributed by atoms with Crippen molar-refractivity contribution in [2.75, 3.05) is 26.3 Å². The summed E-state index contributed by atoms with van der Waals surface area (Å²) in [6.45, 7) is 7.31. The molecular formula is C20H27N5O2. The van der Waals surface area contributed by atoms with Crippen LogP contribution in [0.2, 0.25) is 0 Å². The Bertz CT molecular complexity index is 770. The van der Waals surface area contributed by atoms with Crippen molar-refractivity contribution in [1.29, 1.82) is 0 Å². The van der Waals surface area contributed by atoms with Crippen molar-refractivity contribution in [1.82, 2.24) is 24.8 Å². The van der Waals surface area contributed by atoms with Crippen molar-refractivity contribution in [3.63, 3.8) is 0 Å². The van der Waals surface area contributed by atoms with Crippen molar-refractivity contribution in [2.24, 2.45) is 5.92 Å². The topological polar surface area (TPSA) is 72.3 Å². The number of imidazole rings is 1. The van der Waals surface area contributed by atoms with Crippen LogP contribution >= 0.6 is 0 Å². The van der Waals surface area contributed by atoms with Gasteiger partial charge in [-0.25, -0.2) is 4.98 Å². The Balaban J connectivity index is 1.39. The van der Waals surface area contributed by atoms with Gasteiger partial charge in [0, 0.05) is 45.2 Å². The van der Waals surface area contributed by atoms with Crippen LogP contribution in [0.3, 0.4) is 0 Å². The maximum absolute atomic E-state index is 12.5. The predicted molar refractivity (Wildman–Crippen MR) is 101 cm³/mol. The van der Waals surface area contributed by atoms with Crippen molar-refractivity contribution in [3.05, 3.63) is 47.8 Å². The molecule has 27 heavy (non-hydrogen) atoms. The number of carbonyl (C=O) groups is 1. The summed E-state index contributed by atoms with van der Waals surface area (Å²) < 4.78 is 7.60. The molecule has 7 nitrogen and oxygen atoms in total. The number of hydrogen-bond donors (Lipinski definition) is 1. The van der Waals surface area contributed by atoms with E-state index in [1.165, 1.54) is 0 Å². The number of fused-ring (bicyclic) bond motifs is 1. The van der Waals surface area contributed by atoms with Crippen LogP contribution in [0.4, 0.5) is 0 Å². The van der Waals surface area contributed by atoms with E-state index in [0.717, 1.165) is 57.2 Å². The lowest BCUT2D eigenvalue weighted by Crippen LogP contribution is -2.40. The zero-order chi connectivity index (χ0) is 18.6. The summed E-state index contributed by atoms with van der Waals surface area (Å²) in [4.78, 5) is 23.9. The summed E-state index contributed by atoms with van der Waals surface area (Å²) in [7, 11) is 0. The molecule has 0 bridgehead atoms. The van der Waals surface area contributed by atoms with E-state index in [9.17, 15) is 4.79 Å². The Morgan fingerprint density at radius 2 is 2.15 bits per heavy atom. The first kappa shape index (κ1) is 18.1. The first-order valence-corrected chi connectivity index (χ1v) is 9.77. The summed E-state index contributed by atoms with van der Waals surface area (Å²) in [6, 6.07) is 5.90. The molecule has 2 aliphatic rings. The van der Waals surface area contributed by atoms with Gasteiger partial charge in [0.15, 0.2) is 0 Å². The van der Waals surface area contributed by atoms with Crippen LogP contribution in [-0.4, -0.2) is 51.6 Å². The maximum Gasteiger partial charge on any atom is 0.271 e. The molecule has 4 rings (SSSR count). The van der Waals surface area contributed by atoms with Crippen LogP contribution in [-0.2, 0) is 17.8 Å². The monoisotopic (exact) mass is 369 g/mol. The van der Waals surface area contributed by atoms with E-state index in [-0.39, 0.29) is 11.9 Å². The van der Waals surface area contributed by atoms with Crippen LogP contribution in [0.1, 0.15) is 47.8 Å². The van der Waals surface area contributed by atoms with Crippen LogP contribution in [0.25, 0.3) is 0 Å². The average Bonchev–Trinajstić information content (AvgIpc) is 3.15. The molecule has 0 spiro atoms. The summed E-state index contributed by atoms with van der Waals surface area (Å²) in [5.41, 5.74) is 1.33. The molecular weight excluding hydrogens is 342 g/mol. The van der Waals surface area contributed by atoms with Crippen molar-refractivity contribution < 1.29 is 9.53 Å². The fourth-order valence-electron chi connectivity index (χ4n) is 3.92. The maximum atomic E-state index is 12.5. The minimum atomic E-state index is -0.147. The van der Waals surface area contributed by atoms with Gasteiger partial charge in [0.1, 0.15) is 11.5 Å². The van der Waals surface area contributed by atoms with E-state index in [2.05, 4.69) is 31.7 Å². The number of amides is 1. The number of ether oxygens (including phenoxy) is 1. The minimum absolute atomic E-state index is 0.147. The Hall–Kier alpha value is -2.25. The average molecular weight is 369 g/mol. The highest BCUT2D eigenvalue weighted by molar-refractivity contribution is 5.92. The second-order valence-electron chi connectivity index (χ2n) is 7.41. The molecule has 0 aliphatic carbocycles. The fourth-order valence-corrected chi connectivity index (χ4v) is 3.92. The van der Waals surface area contributed by atoms with Crippen molar-refractivity contribution >= 4 is 5.91 Å². The molecule has 144 valence electrons.